The van der Waals surface area contributed by atoms with Gasteiger partial charge in [-0.1, -0.05) is 13.0 Å². The number of hydrogen-bond donors (Lipinski definition) is 4. The van der Waals surface area contributed by atoms with E-state index in [1.807, 2.05) is 13.0 Å². The first-order valence-corrected chi connectivity index (χ1v) is 6.07. The summed E-state index contributed by atoms with van der Waals surface area (Å²) in [4.78, 5) is 0. The van der Waals surface area contributed by atoms with Gasteiger partial charge in [-0.15, -0.1) is 0 Å². The predicted octanol–water partition coefficient (Wildman–Crippen LogP) is 1.21. The van der Waals surface area contributed by atoms with E-state index in [2.05, 4.69) is 5.32 Å². The third-order valence-electron chi connectivity index (χ3n) is 2.66. The van der Waals surface area contributed by atoms with Crippen LogP contribution < -0.4 is 15.8 Å². The molecule has 0 amide bonds. The fourth-order valence-electron chi connectivity index (χ4n) is 1.45. The van der Waals surface area contributed by atoms with Crippen LogP contribution in [0.4, 0.5) is 11.4 Å². The van der Waals surface area contributed by atoms with E-state index >= 15 is 0 Å². The molecule has 0 heterocycles. The quantitative estimate of drug-likeness (QED) is 0.549. The van der Waals surface area contributed by atoms with Crippen LogP contribution in [0.1, 0.15) is 20.3 Å². The third-order valence-corrected chi connectivity index (χ3v) is 2.66. The van der Waals surface area contributed by atoms with Crippen LogP contribution in [-0.4, -0.2) is 35.6 Å². The van der Waals surface area contributed by atoms with Gasteiger partial charge in [0.25, 0.3) is 0 Å². The molecule has 102 valence electrons. The molecular formula is C13H22N2O3. The Kier molecular flexibility index (Phi) is 5.25. The van der Waals surface area contributed by atoms with Gasteiger partial charge in [0.05, 0.1) is 36.7 Å². The molecule has 5 heteroatoms. The van der Waals surface area contributed by atoms with Crippen molar-refractivity contribution in [1.29, 1.82) is 0 Å². The van der Waals surface area contributed by atoms with Gasteiger partial charge < -0.3 is 26.0 Å². The number of rotatable bonds is 7. The van der Waals surface area contributed by atoms with Crippen molar-refractivity contribution >= 4 is 11.4 Å². The van der Waals surface area contributed by atoms with Crippen molar-refractivity contribution in [3.05, 3.63) is 18.2 Å². The van der Waals surface area contributed by atoms with Gasteiger partial charge >= 0.3 is 0 Å². The Morgan fingerprint density at radius 2 is 2.00 bits per heavy atom. The van der Waals surface area contributed by atoms with Crippen LogP contribution in [0.25, 0.3) is 0 Å². The maximum atomic E-state index is 9.25. The second kappa shape index (κ2) is 6.47. The number of ether oxygens (including phenoxy) is 1. The molecule has 0 radical (unpaired) electrons. The summed E-state index contributed by atoms with van der Waals surface area (Å²) in [6, 6.07) is 5.40. The van der Waals surface area contributed by atoms with E-state index in [4.69, 9.17) is 10.5 Å². The van der Waals surface area contributed by atoms with Crippen molar-refractivity contribution in [2.75, 3.05) is 30.9 Å². The molecule has 1 aromatic carbocycles. The van der Waals surface area contributed by atoms with Gasteiger partial charge in [0, 0.05) is 0 Å². The van der Waals surface area contributed by atoms with E-state index in [1.165, 1.54) is 0 Å². The van der Waals surface area contributed by atoms with Crippen molar-refractivity contribution in [3.8, 4) is 5.75 Å². The highest BCUT2D eigenvalue weighted by molar-refractivity contribution is 5.73. The molecule has 0 aliphatic carbocycles. The summed E-state index contributed by atoms with van der Waals surface area (Å²) in [6.45, 7) is 3.95. The van der Waals surface area contributed by atoms with E-state index in [-0.39, 0.29) is 13.2 Å². The molecule has 0 bridgehead atoms. The lowest BCUT2D eigenvalue weighted by molar-refractivity contribution is 0.147. The Balaban J connectivity index is 2.89. The van der Waals surface area contributed by atoms with Gasteiger partial charge in [-0.25, -0.2) is 0 Å². The van der Waals surface area contributed by atoms with E-state index in [0.717, 1.165) is 6.42 Å². The number of nitrogens with two attached hydrogens (primary N) is 1. The minimum atomic E-state index is -0.808. The van der Waals surface area contributed by atoms with Crippen LogP contribution in [0.5, 0.6) is 5.75 Å². The van der Waals surface area contributed by atoms with Gasteiger partial charge in [-0.05, 0) is 25.5 Å². The summed E-state index contributed by atoms with van der Waals surface area (Å²) in [6.07, 6.45) is 0.905. The third kappa shape index (κ3) is 3.51. The Morgan fingerprint density at radius 3 is 2.56 bits per heavy atom. The van der Waals surface area contributed by atoms with Crippen molar-refractivity contribution in [1.82, 2.24) is 0 Å². The second-order valence-corrected chi connectivity index (χ2v) is 4.57. The summed E-state index contributed by atoms with van der Waals surface area (Å²) in [5.74, 6) is 0.611. The Bertz CT molecular complexity index is 378. The van der Waals surface area contributed by atoms with Gasteiger partial charge in [-0.3, -0.25) is 0 Å². The first kappa shape index (κ1) is 14.6. The van der Waals surface area contributed by atoms with Crippen LogP contribution in [0.2, 0.25) is 0 Å². The van der Waals surface area contributed by atoms with Gasteiger partial charge in [0.15, 0.2) is 0 Å². The number of aliphatic hydroxyl groups excluding tert-OH is 2. The Hall–Kier alpha value is -1.46. The number of hydrogen-bond acceptors (Lipinski definition) is 5. The minimum absolute atomic E-state index is 0.191. The minimum Gasteiger partial charge on any atom is -0.491 e. The average molecular weight is 254 g/mol. The van der Waals surface area contributed by atoms with Crippen LogP contribution in [0.15, 0.2) is 18.2 Å². The molecule has 0 unspecified atom stereocenters. The molecule has 0 aromatic heterocycles. The molecule has 18 heavy (non-hydrogen) atoms. The van der Waals surface area contributed by atoms with Gasteiger partial charge in [-0.2, -0.15) is 0 Å². The highest BCUT2D eigenvalue weighted by Gasteiger charge is 2.23. The number of benzene rings is 1. The van der Waals surface area contributed by atoms with E-state index in [9.17, 15) is 10.2 Å². The number of nitrogen functional groups attached to an aromatic ring is 1. The van der Waals surface area contributed by atoms with Crippen LogP contribution in [-0.2, 0) is 0 Å². The standard InChI is InChI=1S/C13H22N2O3/c1-3-7-18-11-6-4-5-10(12(11)14)15-13(2,8-16)9-17/h4-6,15-17H,3,7-9,14H2,1-2H3. The van der Waals surface area contributed by atoms with Gasteiger partial charge in [0.2, 0.25) is 0 Å². The second-order valence-electron chi connectivity index (χ2n) is 4.57. The summed E-state index contributed by atoms with van der Waals surface area (Å²) in [7, 11) is 0. The molecule has 0 aliphatic heterocycles. The van der Waals surface area contributed by atoms with Crippen molar-refractivity contribution < 1.29 is 14.9 Å². The molecule has 5 N–H and O–H groups in total. The van der Waals surface area contributed by atoms with E-state index in [1.54, 1.807) is 19.1 Å². The normalized spacial score (nSPS) is 11.3. The first-order valence-electron chi connectivity index (χ1n) is 6.07. The first-order chi connectivity index (χ1) is 8.56. The predicted molar refractivity (Wildman–Crippen MR) is 72.8 cm³/mol. The van der Waals surface area contributed by atoms with Crippen molar-refractivity contribution in [2.24, 2.45) is 0 Å². The number of nitrogens with one attached hydrogen (secondary N) is 1. The zero-order valence-electron chi connectivity index (χ0n) is 10.9. The Labute approximate surface area is 108 Å². The lowest BCUT2D eigenvalue weighted by Gasteiger charge is -2.28. The SMILES string of the molecule is CCCOc1cccc(NC(C)(CO)CO)c1N. The van der Waals surface area contributed by atoms with Gasteiger partial charge in [0.1, 0.15) is 5.75 Å². The topological polar surface area (TPSA) is 87.7 Å². The summed E-state index contributed by atoms with van der Waals surface area (Å²) in [5.41, 5.74) is 6.31. The highest BCUT2D eigenvalue weighted by Crippen LogP contribution is 2.31. The molecule has 0 spiro atoms. The molecule has 0 aliphatic rings. The maximum Gasteiger partial charge on any atom is 0.144 e. The highest BCUT2D eigenvalue weighted by atomic mass is 16.5. The smallest absolute Gasteiger partial charge is 0.144 e. The lowest BCUT2D eigenvalue weighted by Crippen LogP contribution is -2.42. The molecule has 0 atom stereocenters. The fourth-order valence-corrected chi connectivity index (χ4v) is 1.45. The molecule has 1 rings (SSSR count). The molecule has 1 aromatic rings. The lowest BCUT2D eigenvalue weighted by atomic mass is 10.0. The van der Waals surface area contributed by atoms with Crippen LogP contribution >= 0.6 is 0 Å². The van der Waals surface area contributed by atoms with E-state index < -0.39 is 5.54 Å². The van der Waals surface area contributed by atoms with Crippen LogP contribution in [0.3, 0.4) is 0 Å². The maximum absolute atomic E-state index is 9.25. The molecule has 5 nitrogen and oxygen atoms in total. The average Bonchev–Trinajstić information content (AvgIpc) is 2.39. The monoisotopic (exact) mass is 254 g/mol. The molecule has 0 saturated heterocycles. The van der Waals surface area contributed by atoms with Crippen LogP contribution in [0, 0.1) is 0 Å². The van der Waals surface area contributed by atoms with Crippen molar-refractivity contribution in [2.45, 2.75) is 25.8 Å². The largest absolute Gasteiger partial charge is 0.491 e. The van der Waals surface area contributed by atoms with Crippen molar-refractivity contribution in [3.63, 3.8) is 0 Å². The number of para-hydroxylation sites is 1. The molecule has 0 saturated carbocycles. The summed E-state index contributed by atoms with van der Waals surface area (Å²) >= 11 is 0. The molecule has 0 fully saturated rings. The van der Waals surface area contributed by atoms with E-state index in [0.29, 0.717) is 23.7 Å². The number of aliphatic hydroxyl groups is 2. The summed E-state index contributed by atoms with van der Waals surface area (Å²) in [5, 5.41) is 21.5. The number of anilines is 2. The summed E-state index contributed by atoms with van der Waals surface area (Å²) < 4.78 is 5.52. The fraction of sp³-hybridized carbons (Fsp3) is 0.538. The zero-order chi connectivity index (χ0) is 13.6. The zero-order valence-corrected chi connectivity index (χ0v) is 10.9. The Morgan fingerprint density at radius 1 is 1.33 bits per heavy atom. The molecular weight excluding hydrogens is 232 g/mol.